The van der Waals surface area contributed by atoms with E-state index in [9.17, 15) is 5.11 Å². The summed E-state index contributed by atoms with van der Waals surface area (Å²) in [4.78, 5) is 2.01. The highest BCUT2D eigenvalue weighted by Crippen LogP contribution is 2.30. The van der Waals surface area contributed by atoms with Crippen LogP contribution >= 0.6 is 11.6 Å². The van der Waals surface area contributed by atoms with Gasteiger partial charge in [-0.05, 0) is 43.4 Å². The van der Waals surface area contributed by atoms with Crippen LogP contribution in [0.3, 0.4) is 0 Å². The lowest BCUT2D eigenvalue weighted by atomic mass is 10.2. The highest BCUT2D eigenvalue weighted by molar-refractivity contribution is 6.30. The summed E-state index contributed by atoms with van der Waals surface area (Å²) < 4.78 is 17.2. The molecule has 2 unspecified atom stereocenters. The molecule has 0 radical (unpaired) electrons. The second-order valence-electron chi connectivity index (χ2n) is 6.14. The predicted octanol–water partition coefficient (Wildman–Crippen LogP) is 2.85. The van der Waals surface area contributed by atoms with E-state index in [0.29, 0.717) is 30.5 Å². The van der Waals surface area contributed by atoms with Crippen molar-refractivity contribution in [2.75, 3.05) is 33.4 Å². The molecule has 134 valence electrons. The summed E-state index contributed by atoms with van der Waals surface area (Å²) in [6.07, 6.45) is -0.665. The van der Waals surface area contributed by atoms with Gasteiger partial charge in [0, 0.05) is 18.1 Å². The molecule has 2 atom stereocenters. The Hall–Kier alpha value is -1.95. The Labute approximate surface area is 152 Å². The Morgan fingerprint density at radius 2 is 1.92 bits per heavy atom. The topological polar surface area (TPSA) is 51.2 Å². The van der Waals surface area contributed by atoms with Crippen LogP contribution in [0.1, 0.15) is 0 Å². The molecule has 1 aliphatic heterocycles. The van der Waals surface area contributed by atoms with Crippen molar-refractivity contribution in [3.63, 3.8) is 0 Å². The highest BCUT2D eigenvalue weighted by Gasteiger charge is 2.22. The molecule has 3 rings (SSSR count). The third-order valence-corrected chi connectivity index (χ3v) is 4.11. The largest absolute Gasteiger partial charge is 0.491 e. The van der Waals surface area contributed by atoms with Crippen LogP contribution in [0, 0.1) is 0 Å². The Morgan fingerprint density at radius 1 is 1.20 bits per heavy atom. The average molecular weight is 364 g/mol. The van der Waals surface area contributed by atoms with Gasteiger partial charge in [-0.15, -0.1) is 0 Å². The van der Waals surface area contributed by atoms with Crippen LogP contribution in [0.4, 0.5) is 0 Å². The molecule has 25 heavy (non-hydrogen) atoms. The number of rotatable bonds is 7. The first-order valence-corrected chi connectivity index (χ1v) is 8.61. The Balaban J connectivity index is 1.41. The summed E-state index contributed by atoms with van der Waals surface area (Å²) in [5.41, 5.74) is 0. The molecule has 0 saturated heterocycles. The zero-order chi connectivity index (χ0) is 17.6. The van der Waals surface area contributed by atoms with E-state index < -0.39 is 6.10 Å². The van der Waals surface area contributed by atoms with Gasteiger partial charge in [-0.3, -0.25) is 4.90 Å². The van der Waals surface area contributed by atoms with E-state index in [-0.39, 0.29) is 12.7 Å². The minimum Gasteiger partial charge on any atom is -0.491 e. The Kier molecular flexibility index (Phi) is 6.02. The van der Waals surface area contributed by atoms with Crippen molar-refractivity contribution < 1.29 is 19.3 Å². The van der Waals surface area contributed by atoms with Crippen LogP contribution in [0.2, 0.25) is 5.02 Å². The minimum atomic E-state index is -0.600. The summed E-state index contributed by atoms with van der Waals surface area (Å²) in [6.45, 7) is 1.86. The van der Waals surface area contributed by atoms with Crippen molar-refractivity contribution in [1.82, 2.24) is 4.90 Å². The lowest BCUT2D eigenvalue weighted by Crippen LogP contribution is -2.42. The molecule has 0 spiro atoms. The van der Waals surface area contributed by atoms with Crippen LogP contribution in [0.5, 0.6) is 17.2 Å². The number of ether oxygens (including phenoxy) is 3. The monoisotopic (exact) mass is 363 g/mol. The maximum Gasteiger partial charge on any atom is 0.161 e. The molecule has 0 fully saturated rings. The van der Waals surface area contributed by atoms with Crippen molar-refractivity contribution in [3.05, 3.63) is 53.6 Å². The van der Waals surface area contributed by atoms with E-state index in [1.54, 1.807) is 24.3 Å². The number of hydrogen-bond acceptors (Lipinski definition) is 5. The number of para-hydroxylation sites is 2. The molecule has 0 amide bonds. The van der Waals surface area contributed by atoms with Crippen molar-refractivity contribution in [2.24, 2.45) is 0 Å². The zero-order valence-electron chi connectivity index (χ0n) is 14.1. The molecule has 1 N–H and O–H groups in total. The summed E-state index contributed by atoms with van der Waals surface area (Å²) in [7, 11) is 1.94. The van der Waals surface area contributed by atoms with Gasteiger partial charge in [0.05, 0.1) is 0 Å². The predicted molar refractivity (Wildman–Crippen MR) is 96.8 cm³/mol. The molecule has 0 saturated carbocycles. The second-order valence-corrected chi connectivity index (χ2v) is 6.57. The SMILES string of the molecule is CN(CC(O)COc1ccc(Cl)cc1)CC1COc2ccccc2O1. The quantitative estimate of drug-likeness (QED) is 0.819. The minimum absolute atomic E-state index is 0.0655. The van der Waals surface area contributed by atoms with Gasteiger partial charge in [-0.25, -0.2) is 0 Å². The summed E-state index contributed by atoms with van der Waals surface area (Å²) in [5, 5.41) is 10.8. The van der Waals surface area contributed by atoms with Gasteiger partial charge in [0.15, 0.2) is 11.5 Å². The van der Waals surface area contributed by atoms with Crippen molar-refractivity contribution in [1.29, 1.82) is 0 Å². The van der Waals surface area contributed by atoms with Crippen molar-refractivity contribution >= 4 is 11.6 Å². The van der Waals surface area contributed by atoms with Crippen molar-refractivity contribution in [3.8, 4) is 17.2 Å². The van der Waals surface area contributed by atoms with Crippen LogP contribution < -0.4 is 14.2 Å². The Morgan fingerprint density at radius 3 is 2.68 bits per heavy atom. The Bertz CT molecular complexity index is 679. The highest BCUT2D eigenvalue weighted by atomic mass is 35.5. The van der Waals surface area contributed by atoms with Crippen LogP contribution in [0.25, 0.3) is 0 Å². The van der Waals surface area contributed by atoms with Crippen LogP contribution in [0.15, 0.2) is 48.5 Å². The molecule has 2 aromatic carbocycles. The maximum absolute atomic E-state index is 10.2. The van der Waals surface area contributed by atoms with E-state index >= 15 is 0 Å². The summed E-state index contributed by atoms with van der Waals surface area (Å²) in [6, 6.07) is 14.7. The van der Waals surface area contributed by atoms with E-state index in [1.807, 2.05) is 36.2 Å². The number of fused-ring (bicyclic) bond motifs is 1. The molecule has 5 nitrogen and oxygen atoms in total. The standard InChI is InChI=1S/C19H22ClNO4/c1-21(10-15(22)12-23-16-8-6-14(20)7-9-16)11-17-13-24-18-4-2-3-5-19(18)25-17/h2-9,15,17,22H,10-13H2,1H3. The second kappa shape index (κ2) is 8.43. The molecular formula is C19H22ClNO4. The first-order valence-electron chi connectivity index (χ1n) is 8.23. The molecule has 0 aliphatic carbocycles. The lowest BCUT2D eigenvalue weighted by Gasteiger charge is -2.30. The van der Waals surface area contributed by atoms with Gasteiger partial charge in [-0.2, -0.15) is 0 Å². The first-order chi connectivity index (χ1) is 12.1. The molecule has 1 aliphatic rings. The van der Waals surface area contributed by atoms with Gasteiger partial charge in [0.25, 0.3) is 0 Å². The van der Waals surface area contributed by atoms with Gasteiger partial charge in [0.1, 0.15) is 31.2 Å². The number of aliphatic hydroxyl groups is 1. The maximum atomic E-state index is 10.2. The van der Waals surface area contributed by atoms with E-state index in [0.717, 1.165) is 11.5 Å². The van der Waals surface area contributed by atoms with E-state index in [4.69, 9.17) is 25.8 Å². The third-order valence-electron chi connectivity index (χ3n) is 3.86. The van der Waals surface area contributed by atoms with Crippen molar-refractivity contribution in [2.45, 2.75) is 12.2 Å². The number of likely N-dealkylation sites (N-methyl/N-ethyl adjacent to an activating group) is 1. The smallest absolute Gasteiger partial charge is 0.161 e. The van der Waals surface area contributed by atoms with Crippen LogP contribution in [-0.2, 0) is 0 Å². The first kappa shape index (κ1) is 17.9. The molecular weight excluding hydrogens is 342 g/mol. The number of halogens is 1. The van der Waals surface area contributed by atoms with E-state index in [2.05, 4.69) is 0 Å². The van der Waals surface area contributed by atoms with Gasteiger partial charge < -0.3 is 19.3 Å². The fourth-order valence-electron chi connectivity index (χ4n) is 2.71. The lowest BCUT2D eigenvalue weighted by molar-refractivity contribution is 0.0374. The summed E-state index contributed by atoms with van der Waals surface area (Å²) >= 11 is 5.83. The number of hydrogen-bond donors (Lipinski definition) is 1. The van der Waals surface area contributed by atoms with Gasteiger partial charge >= 0.3 is 0 Å². The third kappa shape index (κ3) is 5.26. The summed E-state index contributed by atoms with van der Waals surface area (Å²) in [5.74, 6) is 2.23. The molecule has 0 bridgehead atoms. The fraction of sp³-hybridized carbons (Fsp3) is 0.368. The van der Waals surface area contributed by atoms with Crippen LogP contribution in [-0.4, -0.2) is 55.6 Å². The zero-order valence-corrected chi connectivity index (χ0v) is 14.9. The van der Waals surface area contributed by atoms with Gasteiger partial charge in [-0.1, -0.05) is 23.7 Å². The van der Waals surface area contributed by atoms with E-state index in [1.165, 1.54) is 0 Å². The average Bonchev–Trinajstić information content (AvgIpc) is 2.61. The molecule has 2 aromatic rings. The number of aliphatic hydroxyl groups excluding tert-OH is 1. The normalized spacial score (nSPS) is 17.4. The number of nitrogens with zero attached hydrogens (tertiary/aromatic N) is 1. The molecule has 0 aromatic heterocycles. The molecule has 6 heteroatoms. The number of benzene rings is 2. The van der Waals surface area contributed by atoms with Gasteiger partial charge in [0.2, 0.25) is 0 Å². The molecule has 1 heterocycles. The fourth-order valence-corrected chi connectivity index (χ4v) is 2.84.